The number of halogens is 2. The Kier molecular flexibility index (Phi) is 5.47. The average Bonchev–Trinajstić information content (AvgIpc) is 3.13. The third-order valence-electron chi connectivity index (χ3n) is 5.57. The van der Waals surface area contributed by atoms with Gasteiger partial charge in [0.05, 0.1) is 11.6 Å². The Morgan fingerprint density at radius 2 is 1.66 bits per heavy atom. The first-order valence-corrected chi connectivity index (χ1v) is 9.92. The Labute approximate surface area is 168 Å². The van der Waals surface area contributed by atoms with Crippen LogP contribution < -0.4 is 15.1 Å². The molecule has 1 N–H and O–H groups in total. The summed E-state index contributed by atoms with van der Waals surface area (Å²) < 4.78 is 26.8. The molecule has 2 aromatic rings. The zero-order chi connectivity index (χ0) is 20.4. The molecule has 0 bridgehead atoms. The van der Waals surface area contributed by atoms with Gasteiger partial charge in [-0.2, -0.15) is 0 Å². The number of nitrogens with zero attached hydrogens (tertiary/aromatic N) is 2. The summed E-state index contributed by atoms with van der Waals surface area (Å²) in [5.41, 5.74) is 1.80. The lowest BCUT2D eigenvalue weighted by atomic mass is 10.1. The molecule has 1 atom stereocenters. The van der Waals surface area contributed by atoms with E-state index in [2.05, 4.69) is 10.2 Å². The van der Waals surface area contributed by atoms with Crippen LogP contribution >= 0.6 is 0 Å². The lowest BCUT2D eigenvalue weighted by Crippen LogP contribution is -2.30. The number of carbonyl (C=O) groups is 2. The third-order valence-corrected chi connectivity index (χ3v) is 5.57. The van der Waals surface area contributed by atoms with Crippen molar-refractivity contribution >= 4 is 28.9 Å². The minimum Gasteiger partial charge on any atom is -0.372 e. The van der Waals surface area contributed by atoms with Crippen molar-refractivity contribution in [1.82, 2.24) is 0 Å². The molecule has 152 valence electrons. The van der Waals surface area contributed by atoms with Gasteiger partial charge in [-0.25, -0.2) is 8.78 Å². The van der Waals surface area contributed by atoms with Crippen molar-refractivity contribution in [3.63, 3.8) is 0 Å². The Balaban J connectivity index is 1.41. The molecule has 2 aliphatic heterocycles. The fourth-order valence-electron chi connectivity index (χ4n) is 3.95. The Hall–Kier alpha value is -2.96. The summed E-state index contributed by atoms with van der Waals surface area (Å²) in [7, 11) is 0. The van der Waals surface area contributed by atoms with Crippen LogP contribution in [0.5, 0.6) is 0 Å². The predicted molar refractivity (Wildman–Crippen MR) is 108 cm³/mol. The van der Waals surface area contributed by atoms with Crippen molar-refractivity contribution in [1.29, 1.82) is 0 Å². The van der Waals surface area contributed by atoms with Crippen molar-refractivity contribution in [2.24, 2.45) is 5.92 Å². The summed E-state index contributed by atoms with van der Waals surface area (Å²) >= 11 is 0. The molecule has 0 spiro atoms. The molecular weight excluding hydrogens is 376 g/mol. The normalized spacial score (nSPS) is 19.5. The highest BCUT2D eigenvalue weighted by atomic mass is 19.1. The number of amides is 2. The maximum Gasteiger partial charge on any atom is 0.229 e. The molecule has 2 fully saturated rings. The van der Waals surface area contributed by atoms with E-state index in [1.54, 1.807) is 4.90 Å². The monoisotopic (exact) mass is 399 g/mol. The summed E-state index contributed by atoms with van der Waals surface area (Å²) in [4.78, 5) is 28.9. The molecule has 1 unspecified atom stereocenters. The van der Waals surface area contributed by atoms with Gasteiger partial charge in [0.15, 0.2) is 0 Å². The lowest BCUT2D eigenvalue weighted by molar-refractivity contribution is -0.122. The molecule has 2 saturated heterocycles. The maximum absolute atomic E-state index is 13.8. The van der Waals surface area contributed by atoms with Crippen LogP contribution in [-0.4, -0.2) is 31.4 Å². The number of hydrogen-bond donors (Lipinski definition) is 1. The lowest BCUT2D eigenvalue weighted by Gasteiger charge is -2.29. The summed E-state index contributed by atoms with van der Waals surface area (Å²) in [5.74, 6) is -2.73. The van der Waals surface area contributed by atoms with Crippen LogP contribution in [0.1, 0.15) is 25.7 Å². The van der Waals surface area contributed by atoms with Crippen LogP contribution in [0.25, 0.3) is 0 Å². The second-order valence-corrected chi connectivity index (χ2v) is 7.58. The summed E-state index contributed by atoms with van der Waals surface area (Å²) in [6.45, 7) is 2.32. The summed E-state index contributed by atoms with van der Waals surface area (Å²) in [6.07, 6.45) is 3.71. The molecule has 7 heteroatoms. The van der Waals surface area contributed by atoms with Crippen molar-refractivity contribution in [3.05, 3.63) is 54.1 Å². The van der Waals surface area contributed by atoms with Gasteiger partial charge in [0.25, 0.3) is 0 Å². The highest BCUT2D eigenvalue weighted by Gasteiger charge is 2.35. The molecule has 2 aliphatic rings. The van der Waals surface area contributed by atoms with Gasteiger partial charge in [0, 0.05) is 43.5 Å². The first kappa shape index (κ1) is 19.4. The van der Waals surface area contributed by atoms with E-state index in [9.17, 15) is 18.4 Å². The van der Waals surface area contributed by atoms with Gasteiger partial charge in [-0.3, -0.25) is 9.59 Å². The minimum absolute atomic E-state index is 0.0581. The van der Waals surface area contributed by atoms with E-state index in [1.807, 2.05) is 24.3 Å². The van der Waals surface area contributed by atoms with E-state index in [0.29, 0.717) is 6.07 Å². The number of anilines is 3. The third kappa shape index (κ3) is 4.23. The number of hydrogen-bond acceptors (Lipinski definition) is 3. The number of rotatable bonds is 4. The van der Waals surface area contributed by atoms with Crippen LogP contribution in [0.15, 0.2) is 42.5 Å². The van der Waals surface area contributed by atoms with Crippen molar-refractivity contribution < 1.29 is 18.4 Å². The van der Waals surface area contributed by atoms with E-state index < -0.39 is 23.5 Å². The first-order valence-electron chi connectivity index (χ1n) is 9.92. The quantitative estimate of drug-likeness (QED) is 0.847. The molecule has 2 aromatic carbocycles. The molecule has 2 heterocycles. The van der Waals surface area contributed by atoms with Crippen molar-refractivity contribution in [2.75, 3.05) is 34.8 Å². The molecule has 4 rings (SSSR count). The standard InChI is InChI=1S/C22H23F2N3O2/c23-16-4-9-20(19(24)13-16)25-22(29)15-12-21(28)27(14-15)18-7-5-17(6-8-18)26-10-2-1-3-11-26/h4-9,13,15H,1-3,10-12,14H2,(H,25,29). The fourth-order valence-corrected chi connectivity index (χ4v) is 3.95. The van der Waals surface area contributed by atoms with E-state index in [4.69, 9.17) is 0 Å². The Morgan fingerprint density at radius 3 is 2.34 bits per heavy atom. The van der Waals surface area contributed by atoms with Crippen LogP contribution in [0.2, 0.25) is 0 Å². The minimum atomic E-state index is -0.840. The van der Waals surface area contributed by atoms with Gasteiger partial charge >= 0.3 is 0 Å². The number of nitrogens with one attached hydrogen (secondary N) is 1. The average molecular weight is 399 g/mol. The molecule has 5 nitrogen and oxygen atoms in total. The topological polar surface area (TPSA) is 52.7 Å². The summed E-state index contributed by atoms with van der Waals surface area (Å²) in [5, 5.41) is 2.46. The van der Waals surface area contributed by atoms with E-state index in [0.717, 1.165) is 30.5 Å². The molecule has 0 saturated carbocycles. The van der Waals surface area contributed by atoms with Crippen molar-refractivity contribution in [3.8, 4) is 0 Å². The SMILES string of the molecule is O=C(Nc1ccc(F)cc1F)C1CC(=O)N(c2ccc(N3CCCCC3)cc2)C1. The van der Waals surface area contributed by atoms with E-state index >= 15 is 0 Å². The molecule has 0 radical (unpaired) electrons. The van der Waals surface area contributed by atoms with Gasteiger partial charge in [0.1, 0.15) is 11.6 Å². The highest BCUT2D eigenvalue weighted by Crippen LogP contribution is 2.29. The van der Waals surface area contributed by atoms with Crippen LogP contribution in [0.3, 0.4) is 0 Å². The van der Waals surface area contributed by atoms with Gasteiger partial charge in [-0.15, -0.1) is 0 Å². The van der Waals surface area contributed by atoms with Gasteiger partial charge in [-0.05, 0) is 55.7 Å². The molecule has 2 amide bonds. The Morgan fingerprint density at radius 1 is 0.966 bits per heavy atom. The largest absolute Gasteiger partial charge is 0.372 e. The van der Waals surface area contributed by atoms with Gasteiger partial charge in [0.2, 0.25) is 11.8 Å². The zero-order valence-corrected chi connectivity index (χ0v) is 16.0. The second kappa shape index (κ2) is 8.19. The van der Waals surface area contributed by atoms with Crippen LogP contribution in [0.4, 0.5) is 25.8 Å². The molecule has 0 aromatic heterocycles. The number of piperidine rings is 1. The number of benzene rings is 2. The van der Waals surface area contributed by atoms with Gasteiger partial charge in [-0.1, -0.05) is 0 Å². The molecular formula is C22H23F2N3O2. The maximum atomic E-state index is 13.8. The van der Waals surface area contributed by atoms with Gasteiger partial charge < -0.3 is 15.1 Å². The fraction of sp³-hybridized carbons (Fsp3) is 0.364. The Bertz CT molecular complexity index is 911. The molecule has 29 heavy (non-hydrogen) atoms. The zero-order valence-electron chi connectivity index (χ0n) is 16.0. The second-order valence-electron chi connectivity index (χ2n) is 7.58. The number of carbonyl (C=O) groups excluding carboxylic acids is 2. The van der Waals surface area contributed by atoms with Crippen LogP contribution in [0, 0.1) is 17.6 Å². The van der Waals surface area contributed by atoms with E-state index in [1.165, 1.54) is 25.3 Å². The van der Waals surface area contributed by atoms with Crippen LogP contribution in [-0.2, 0) is 9.59 Å². The van der Waals surface area contributed by atoms with Crippen molar-refractivity contribution in [2.45, 2.75) is 25.7 Å². The smallest absolute Gasteiger partial charge is 0.229 e. The summed E-state index contributed by atoms with van der Waals surface area (Å²) in [6, 6.07) is 10.8. The van der Waals surface area contributed by atoms with E-state index in [-0.39, 0.29) is 24.6 Å². The first-order chi connectivity index (χ1) is 14.0. The highest BCUT2D eigenvalue weighted by molar-refractivity contribution is 6.03. The predicted octanol–water partition coefficient (Wildman–Crippen LogP) is 3.95. The molecule has 0 aliphatic carbocycles.